The van der Waals surface area contributed by atoms with Gasteiger partial charge in [-0.1, -0.05) is 20.8 Å². The second-order valence-corrected chi connectivity index (χ2v) is 8.94. The van der Waals surface area contributed by atoms with Crippen molar-refractivity contribution in [2.24, 2.45) is 21.9 Å². The minimum atomic E-state index is 0.0644. The van der Waals surface area contributed by atoms with E-state index in [1.165, 1.54) is 0 Å². The van der Waals surface area contributed by atoms with Gasteiger partial charge < -0.3 is 30.7 Å². The SMILES string of the molecule is COc1nc(N2CCOCC2)ccc1N1C(N)=NC=C2C=CN(CC(C)(C)C)C(N)=C21. The number of nitrogens with two attached hydrogens (primary N) is 2. The number of aromatic nitrogens is 1. The summed E-state index contributed by atoms with van der Waals surface area (Å²) in [7, 11) is 1.60. The maximum absolute atomic E-state index is 6.65. The zero-order valence-corrected chi connectivity index (χ0v) is 18.6. The Hall–Kier alpha value is -3.20. The first-order chi connectivity index (χ1) is 14.8. The van der Waals surface area contributed by atoms with Gasteiger partial charge in [0.05, 0.1) is 26.0 Å². The molecule has 0 amide bonds. The fourth-order valence-corrected chi connectivity index (χ4v) is 3.87. The Balaban J connectivity index is 1.74. The molecule has 1 saturated heterocycles. The maximum Gasteiger partial charge on any atom is 0.240 e. The molecule has 0 bridgehead atoms. The Morgan fingerprint density at radius 3 is 2.58 bits per heavy atom. The zero-order valence-electron chi connectivity index (χ0n) is 18.6. The second-order valence-electron chi connectivity index (χ2n) is 8.94. The van der Waals surface area contributed by atoms with E-state index in [4.69, 9.17) is 25.9 Å². The number of morpholine rings is 1. The molecule has 4 rings (SSSR count). The lowest BCUT2D eigenvalue weighted by molar-refractivity contribution is 0.122. The van der Waals surface area contributed by atoms with Crippen molar-refractivity contribution in [2.45, 2.75) is 20.8 Å². The lowest BCUT2D eigenvalue weighted by Crippen LogP contribution is -2.44. The van der Waals surface area contributed by atoms with Crippen LogP contribution in [0.5, 0.6) is 5.88 Å². The quantitative estimate of drug-likeness (QED) is 0.754. The van der Waals surface area contributed by atoms with Crippen LogP contribution in [0.3, 0.4) is 0 Å². The van der Waals surface area contributed by atoms with Gasteiger partial charge in [-0.25, -0.2) is 4.99 Å². The van der Waals surface area contributed by atoms with Gasteiger partial charge in [0.2, 0.25) is 11.8 Å². The molecule has 0 atom stereocenters. The predicted octanol–water partition coefficient (Wildman–Crippen LogP) is 1.95. The highest BCUT2D eigenvalue weighted by Gasteiger charge is 2.32. The van der Waals surface area contributed by atoms with Gasteiger partial charge in [0.15, 0.2) is 0 Å². The van der Waals surface area contributed by atoms with Crippen LogP contribution in [-0.4, -0.2) is 55.8 Å². The monoisotopic (exact) mass is 425 g/mol. The molecular formula is C22H31N7O2. The number of hydrogen-bond acceptors (Lipinski definition) is 9. The van der Waals surface area contributed by atoms with Crippen LogP contribution in [0.25, 0.3) is 0 Å². The topological polar surface area (TPSA) is 105 Å². The molecule has 166 valence electrons. The molecule has 3 aliphatic rings. The van der Waals surface area contributed by atoms with E-state index in [1.807, 2.05) is 34.2 Å². The average molecular weight is 426 g/mol. The highest BCUT2D eigenvalue weighted by atomic mass is 16.5. The van der Waals surface area contributed by atoms with Gasteiger partial charge in [0.25, 0.3) is 0 Å². The van der Waals surface area contributed by atoms with E-state index >= 15 is 0 Å². The van der Waals surface area contributed by atoms with Crippen molar-refractivity contribution in [3.8, 4) is 5.88 Å². The number of rotatable bonds is 4. The van der Waals surface area contributed by atoms with Crippen LogP contribution in [0.4, 0.5) is 11.5 Å². The van der Waals surface area contributed by atoms with E-state index in [-0.39, 0.29) is 5.41 Å². The molecule has 0 unspecified atom stereocenters. The maximum atomic E-state index is 6.65. The van der Waals surface area contributed by atoms with Crippen LogP contribution < -0.4 is 26.0 Å². The van der Waals surface area contributed by atoms with Crippen molar-refractivity contribution >= 4 is 17.5 Å². The van der Waals surface area contributed by atoms with E-state index < -0.39 is 0 Å². The van der Waals surface area contributed by atoms with Crippen LogP contribution in [0.1, 0.15) is 20.8 Å². The Morgan fingerprint density at radius 2 is 1.90 bits per heavy atom. The number of guanidine groups is 1. The molecular weight excluding hydrogens is 394 g/mol. The molecule has 0 saturated carbocycles. The van der Waals surface area contributed by atoms with Crippen molar-refractivity contribution in [1.29, 1.82) is 0 Å². The lowest BCUT2D eigenvalue weighted by Gasteiger charge is -2.38. The largest absolute Gasteiger partial charge is 0.479 e. The number of pyridine rings is 1. The van der Waals surface area contributed by atoms with Gasteiger partial charge in [-0.15, -0.1) is 0 Å². The van der Waals surface area contributed by atoms with E-state index in [0.717, 1.165) is 36.7 Å². The third-order valence-electron chi connectivity index (χ3n) is 5.29. The number of ether oxygens (including phenoxy) is 2. The first kappa shape index (κ1) is 21.0. The van der Waals surface area contributed by atoms with Crippen LogP contribution in [-0.2, 0) is 4.74 Å². The molecule has 0 aliphatic carbocycles. The molecule has 0 radical (unpaired) electrons. The molecule has 4 heterocycles. The van der Waals surface area contributed by atoms with Crippen molar-refractivity contribution < 1.29 is 9.47 Å². The van der Waals surface area contributed by atoms with Gasteiger partial charge in [-0.05, 0) is 23.6 Å². The summed E-state index contributed by atoms with van der Waals surface area (Å²) in [6.45, 7) is 10.3. The Bertz CT molecular complexity index is 969. The Morgan fingerprint density at radius 1 is 1.16 bits per heavy atom. The van der Waals surface area contributed by atoms with E-state index in [1.54, 1.807) is 13.3 Å². The molecule has 31 heavy (non-hydrogen) atoms. The highest BCUT2D eigenvalue weighted by molar-refractivity contribution is 6.02. The normalized spacial score (nSPS) is 19.3. The first-order valence-corrected chi connectivity index (χ1v) is 10.4. The van der Waals surface area contributed by atoms with Crippen LogP contribution >= 0.6 is 0 Å². The number of nitrogens with zero attached hydrogens (tertiary/aromatic N) is 5. The van der Waals surface area contributed by atoms with Gasteiger partial charge in [-0.3, -0.25) is 4.90 Å². The molecule has 1 aromatic heterocycles. The molecule has 9 heteroatoms. The summed E-state index contributed by atoms with van der Waals surface area (Å²) in [6, 6.07) is 3.92. The second kappa shape index (κ2) is 8.14. The Labute approximate surface area is 183 Å². The molecule has 3 aliphatic heterocycles. The number of hydrogen-bond donors (Lipinski definition) is 2. The van der Waals surface area contributed by atoms with Crippen molar-refractivity contribution in [3.05, 3.63) is 47.7 Å². The summed E-state index contributed by atoms with van der Waals surface area (Å²) in [5, 5.41) is 0. The van der Waals surface area contributed by atoms with Crippen molar-refractivity contribution in [1.82, 2.24) is 9.88 Å². The lowest BCUT2D eigenvalue weighted by atomic mass is 9.95. The van der Waals surface area contributed by atoms with E-state index in [9.17, 15) is 0 Å². The average Bonchev–Trinajstić information content (AvgIpc) is 2.75. The van der Waals surface area contributed by atoms with Crippen LogP contribution in [0, 0.1) is 5.41 Å². The standard InChI is InChI=1S/C22H31N7O2/c1-22(2,3)14-28-8-7-15-13-25-21(24)29(18(15)19(28)23)16-5-6-17(26-20(16)30-4)27-9-11-31-12-10-27/h5-8,13H,9-12,14,23H2,1-4H3,(H2,24,25). The van der Waals surface area contributed by atoms with Gasteiger partial charge in [-0.2, -0.15) is 4.98 Å². The summed E-state index contributed by atoms with van der Waals surface area (Å²) in [4.78, 5) is 15.2. The number of fused-ring (bicyclic) bond motifs is 1. The first-order valence-electron chi connectivity index (χ1n) is 10.4. The highest BCUT2D eigenvalue weighted by Crippen LogP contribution is 2.38. The van der Waals surface area contributed by atoms with Crippen molar-refractivity contribution in [2.75, 3.05) is 49.8 Å². The number of anilines is 2. The smallest absolute Gasteiger partial charge is 0.240 e. The van der Waals surface area contributed by atoms with Crippen LogP contribution in [0.2, 0.25) is 0 Å². The van der Waals surface area contributed by atoms with Gasteiger partial charge in [0.1, 0.15) is 17.3 Å². The Kier molecular flexibility index (Phi) is 5.53. The van der Waals surface area contributed by atoms with Crippen molar-refractivity contribution in [3.63, 3.8) is 0 Å². The van der Waals surface area contributed by atoms with Gasteiger partial charge >= 0.3 is 0 Å². The molecule has 0 aromatic carbocycles. The minimum Gasteiger partial charge on any atom is -0.479 e. The number of allylic oxidation sites excluding steroid dienone is 1. The van der Waals surface area contributed by atoms with E-state index in [2.05, 4.69) is 30.7 Å². The molecule has 1 aromatic rings. The van der Waals surface area contributed by atoms with Gasteiger partial charge in [0, 0.05) is 37.6 Å². The fourth-order valence-electron chi connectivity index (χ4n) is 3.87. The summed E-state index contributed by atoms with van der Waals surface area (Å²) in [5.41, 5.74) is 15.4. The summed E-state index contributed by atoms with van der Waals surface area (Å²) < 4.78 is 11.1. The third-order valence-corrected chi connectivity index (χ3v) is 5.29. The molecule has 9 nitrogen and oxygen atoms in total. The summed E-state index contributed by atoms with van der Waals surface area (Å²) in [6.07, 6.45) is 5.73. The van der Waals surface area contributed by atoms with E-state index in [0.29, 0.717) is 36.6 Å². The molecule has 4 N–H and O–H groups in total. The summed E-state index contributed by atoms with van der Waals surface area (Å²) in [5.74, 6) is 2.22. The number of methoxy groups -OCH3 is 1. The van der Waals surface area contributed by atoms with Crippen LogP contribution in [0.15, 0.2) is 52.7 Å². The molecule has 0 spiro atoms. The predicted molar refractivity (Wildman–Crippen MR) is 123 cm³/mol. The third kappa shape index (κ3) is 4.18. The fraction of sp³-hybridized carbons (Fsp3) is 0.455. The molecule has 1 fully saturated rings. The minimum absolute atomic E-state index is 0.0644. The zero-order chi connectivity index (χ0) is 22.2. The summed E-state index contributed by atoms with van der Waals surface area (Å²) >= 11 is 0. The number of aliphatic imine (C=N–C) groups is 1.